The highest BCUT2D eigenvalue weighted by molar-refractivity contribution is 6.02. The van der Waals surface area contributed by atoms with Crippen LogP contribution in [0, 0.1) is 29.1 Å². The molecule has 1 saturated heterocycles. The number of carbonyl (C=O) groups is 1. The summed E-state index contributed by atoms with van der Waals surface area (Å²) >= 11 is 0. The minimum atomic E-state index is -2.28. The van der Waals surface area contributed by atoms with E-state index in [1.807, 2.05) is 12.1 Å². The Bertz CT molecular complexity index is 1150. The molecule has 1 aliphatic rings. The number of benzene rings is 2. The third-order valence-corrected chi connectivity index (χ3v) is 5.48. The van der Waals surface area contributed by atoms with Crippen LogP contribution in [0.3, 0.4) is 0 Å². The van der Waals surface area contributed by atoms with Crippen molar-refractivity contribution >= 4 is 11.6 Å². The van der Waals surface area contributed by atoms with E-state index in [4.69, 9.17) is 9.15 Å². The number of furan rings is 1. The molecule has 0 bridgehead atoms. The molecule has 1 N–H and O–H groups in total. The topological polar surface area (TPSA) is 54.7 Å². The van der Waals surface area contributed by atoms with Crippen LogP contribution in [0.15, 0.2) is 40.8 Å². The first kappa shape index (κ1) is 23.7. The lowest BCUT2D eigenvalue weighted by Gasteiger charge is -2.26. The van der Waals surface area contributed by atoms with Crippen LogP contribution in [0.1, 0.15) is 41.1 Å². The maximum absolute atomic E-state index is 13.7. The van der Waals surface area contributed by atoms with E-state index in [9.17, 15) is 26.7 Å². The number of hydrogen-bond acceptors (Lipinski definition) is 4. The average molecular weight is 480 g/mol. The molecule has 5 nitrogen and oxygen atoms in total. The van der Waals surface area contributed by atoms with Gasteiger partial charge in [0.15, 0.2) is 11.5 Å². The SMILES string of the molecule is O=C(Nc1ccc(CN2CCCCC2)cc1)c1ccc(COc2c(F)c(F)c(F)c(F)c2F)o1. The molecule has 180 valence electrons. The highest BCUT2D eigenvalue weighted by Gasteiger charge is 2.27. The standard InChI is InChI=1S/C24H21F5N2O3/c25-18-19(26)21(28)23(22(29)20(18)27)33-13-16-8-9-17(34-16)24(32)30-15-6-4-14(5-7-15)12-31-10-2-1-3-11-31/h4-9H,1-3,10-13H2,(H,30,32). The average Bonchev–Trinajstić information content (AvgIpc) is 3.33. The van der Waals surface area contributed by atoms with Gasteiger partial charge in [0.2, 0.25) is 29.1 Å². The Morgan fingerprint density at radius 2 is 1.47 bits per heavy atom. The summed E-state index contributed by atoms with van der Waals surface area (Å²) < 4.78 is 77.1. The third kappa shape index (κ3) is 5.22. The van der Waals surface area contributed by atoms with Gasteiger partial charge in [-0.15, -0.1) is 0 Å². The summed E-state index contributed by atoms with van der Waals surface area (Å²) in [7, 11) is 0. The van der Waals surface area contributed by atoms with Crippen molar-refractivity contribution in [3.05, 3.63) is 82.6 Å². The molecule has 3 aromatic rings. The number of amides is 1. The maximum Gasteiger partial charge on any atom is 0.291 e. The van der Waals surface area contributed by atoms with Crippen LogP contribution in [0.5, 0.6) is 5.75 Å². The molecule has 0 radical (unpaired) electrons. The lowest BCUT2D eigenvalue weighted by atomic mass is 10.1. The molecule has 0 atom stereocenters. The summed E-state index contributed by atoms with van der Waals surface area (Å²) in [5.41, 5.74) is 1.67. The zero-order chi connectivity index (χ0) is 24.2. The minimum absolute atomic E-state index is 0.0500. The van der Waals surface area contributed by atoms with Crippen LogP contribution >= 0.6 is 0 Å². The van der Waals surface area contributed by atoms with E-state index in [1.54, 1.807) is 12.1 Å². The van der Waals surface area contributed by atoms with Gasteiger partial charge in [0.1, 0.15) is 12.4 Å². The quantitative estimate of drug-likeness (QED) is 0.264. The van der Waals surface area contributed by atoms with E-state index in [0.717, 1.165) is 25.2 Å². The summed E-state index contributed by atoms with van der Waals surface area (Å²) in [4.78, 5) is 14.8. The summed E-state index contributed by atoms with van der Waals surface area (Å²) in [5, 5.41) is 2.67. The first-order valence-corrected chi connectivity index (χ1v) is 10.7. The molecule has 4 rings (SSSR count). The van der Waals surface area contributed by atoms with Gasteiger partial charge in [0, 0.05) is 12.2 Å². The molecule has 1 fully saturated rings. The monoisotopic (exact) mass is 480 g/mol. The van der Waals surface area contributed by atoms with Gasteiger partial charge in [-0.1, -0.05) is 18.6 Å². The Labute approximate surface area is 192 Å². The number of rotatable bonds is 7. The van der Waals surface area contributed by atoms with Gasteiger partial charge in [-0.2, -0.15) is 8.78 Å². The second-order valence-corrected chi connectivity index (χ2v) is 7.94. The van der Waals surface area contributed by atoms with Crippen LogP contribution in [0.4, 0.5) is 27.6 Å². The van der Waals surface area contributed by atoms with Crippen LogP contribution in [-0.2, 0) is 13.2 Å². The highest BCUT2D eigenvalue weighted by atomic mass is 19.2. The number of halogens is 5. The summed E-state index contributed by atoms with van der Waals surface area (Å²) in [6.07, 6.45) is 3.66. The lowest BCUT2D eigenvalue weighted by molar-refractivity contribution is 0.0992. The van der Waals surface area contributed by atoms with E-state index in [-0.39, 0.29) is 11.5 Å². The molecule has 2 heterocycles. The molecular formula is C24H21F5N2O3. The Balaban J connectivity index is 1.35. The number of piperidine rings is 1. The highest BCUT2D eigenvalue weighted by Crippen LogP contribution is 2.30. The zero-order valence-electron chi connectivity index (χ0n) is 18.0. The Kier molecular flexibility index (Phi) is 7.16. The van der Waals surface area contributed by atoms with Gasteiger partial charge in [0.25, 0.3) is 5.91 Å². The molecule has 1 aliphatic heterocycles. The van der Waals surface area contributed by atoms with E-state index >= 15 is 0 Å². The molecule has 0 saturated carbocycles. The van der Waals surface area contributed by atoms with Crippen molar-refractivity contribution in [3.8, 4) is 5.75 Å². The molecule has 2 aromatic carbocycles. The molecule has 1 amide bonds. The normalized spacial score (nSPS) is 14.3. The van der Waals surface area contributed by atoms with E-state index < -0.39 is 47.3 Å². The summed E-state index contributed by atoms with van der Waals surface area (Å²) in [6.45, 7) is 2.34. The Morgan fingerprint density at radius 1 is 0.853 bits per heavy atom. The molecular weight excluding hydrogens is 459 g/mol. The van der Waals surface area contributed by atoms with Crippen LogP contribution in [-0.4, -0.2) is 23.9 Å². The van der Waals surface area contributed by atoms with Crippen LogP contribution in [0.25, 0.3) is 0 Å². The number of nitrogens with zero attached hydrogens (tertiary/aromatic N) is 1. The fourth-order valence-corrected chi connectivity index (χ4v) is 3.69. The van der Waals surface area contributed by atoms with Crippen molar-refractivity contribution in [1.82, 2.24) is 4.90 Å². The largest absolute Gasteiger partial charge is 0.479 e. The van der Waals surface area contributed by atoms with Gasteiger partial charge in [0.05, 0.1) is 0 Å². The van der Waals surface area contributed by atoms with Gasteiger partial charge in [-0.25, -0.2) is 13.2 Å². The summed E-state index contributed by atoms with van der Waals surface area (Å²) in [5.74, 6) is -12.9. The summed E-state index contributed by atoms with van der Waals surface area (Å²) in [6, 6.07) is 9.99. The molecule has 0 spiro atoms. The third-order valence-electron chi connectivity index (χ3n) is 5.48. The van der Waals surface area contributed by atoms with E-state index in [0.29, 0.717) is 5.69 Å². The first-order chi connectivity index (χ1) is 16.3. The number of hydrogen-bond donors (Lipinski definition) is 1. The van der Waals surface area contributed by atoms with Crippen LogP contribution in [0.2, 0.25) is 0 Å². The van der Waals surface area contributed by atoms with Gasteiger partial charge < -0.3 is 14.5 Å². The maximum atomic E-state index is 13.7. The Morgan fingerprint density at radius 3 is 2.12 bits per heavy atom. The Hall–Kier alpha value is -3.40. The van der Waals surface area contributed by atoms with Gasteiger partial charge in [-0.05, 0) is 55.8 Å². The van der Waals surface area contributed by atoms with Crippen molar-refractivity contribution in [2.45, 2.75) is 32.4 Å². The predicted octanol–water partition coefficient (Wildman–Crippen LogP) is 5.79. The second kappa shape index (κ2) is 10.3. The van der Waals surface area contributed by atoms with Crippen molar-refractivity contribution in [2.75, 3.05) is 18.4 Å². The van der Waals surface area contributed by atoms with Gasteiger partial charge in [-0.3, -0.25) is 9.69 Å². The smallest absolute Gasteiger partial charge is 0.291 e. The molecule has 0 aliphatic carbocycles. The predicted molar refractivity (Wildman–Crippen MR) is 113 cm³/mol. The number of carbonyl (C=O) groups excluding carboxylic acids is 1. The first-order valence-electron chi connectivity index (χ1n) is 10.7. The number of anilines is 1. The fourth-order valence-electron chi connectivity index (χ4n) is 3.69. The van der Waals surface area contributed by atoms with Crippen molar-refractivity contribution in [1.29, 1.82) is 0 Å². The lowest BCUT2D eigenvalue weighted by Crippen LogP contribution is -2.29. The van der Waals surface area contributed by atoms with E-state index in [2.05, 4.69) is 10.2 Å². The van der Waals surface area contributed by atoms with Gasteiger partial charge >= 0.3 is 0 Å². The second-order valence-electron chi connectivity index (χ2n) is 7.94. The molecule has 10 heteroatoms. The van der Waals surface area contributed by atoms with Crippen molar-refractivity contribution in [2.24, 2.45) is 0 Å². The van der Waals surface area contributed by atoms with Crippen LogP contribution < -0.4 is 10.1 Å². The van der Waals surface area contributed by atoms with Crippen molar-refractivity contribution in [3.63, 3.8) is 0 Å². The molecule has 34 heavy (non-hydrogen) atoms. The number of nitrogens with one attached hydrogen (secondary N) is 1. The number of likely N-dealkylation sites (tertiary alicyclic amines) is 1. The fraction of sp³-hybridized carbons (Fsp3) is 0.292. The van der Waals surface area contributed by atoms with Crippen molar-refractivity contribution < 1.29 is 35.9 Å². The van der Waals surface area contributed by atoms with E-state index in [1.165, 1.54) is 31.4 Å². The molecule has 1 aromatic heterocycles. The minimum Gasteiger partial charge on any atom is -0.479 e. The zero-order valence-corrected chi connectivity index (χ0v) is 18.0. The molecule has 0 unspecified atom stereocenters. The number of ether oxygens (including phenoxy) is 1.